The number of hydrogen-bond donors (Lipinski definition) is 0. The monoisotopic (exact) mass is 333 g/mol. The van der Waals surface area contributed by atoms with Crippen molar-refractivity contribution in [1.29, 1.82) is 0 Å². The molecule has 2 rings (SSSR count). The van der Waals surface area contributed by atoms with E-state index < -0.39 is 5.97 Å². The number of thiophene rings is 1. The van der Waals surface area contributed by atoms with Crippen molar-refractivity contribution in [1.82, 2.24) is 0 Å². The van der Waals surface area contributed by atoms with Crippen molar-refractivity contribution in [3.8, 4) is 11.8 Å². The maximum absolute atomic E-state index is 12.3. The lowest BCUT2D eigenvalue weighted by atomic mass is 9.98. The summed E-state index contributed by atoms with van der Waals surface area (Å²) in [5, 5.41) is 0. The molecule has 0 unspecified atom stereocenters. The van der Waals surface area contributed by atoms with Crippen LogP contribution in [0.25, 0.3) is 0 Å². The summed E-state index contributed by atoms with van der Waals surface area (Å²) in [6.45, 7) is 8.11. The third-order valence-electron chi connectivity index (χ3n) is 3.63. The first-order valence-electron chi connectivity index (χ1n) is 7.80. The van der Waals surface area contributed by atoms with Gasteiger partial charge in [-0.15, -0.1) is 11.3 Å². The lowest BCUT2D eigenvalue weighted by molar-refractivity contribution is -0.120. The molecule has 1 fully saturated rings. The highest BCUT2D eigenvalue weighted by atomic mass is 32.1. The summed E-state index contributed by atoms with van der Waals surface area (Å²) >= 11 is 1.29. The van der Waals surface area contributed by atoms with E-state index in [1.165, 1.54) is 18.4 Å². The van der Waals surface area contributed by atoms with Crippen LogP contribution < -0.4 is 4.90 Å². The fourth-order valence-electron chi connectivity index (χ4n) is 2.53. The van der Waals surface area contributed by atoms with Crippen LogP contribution in [0, 0.1) is 17.3 Å². The van der Waals surface area contributed by atoms with Crippen LogP contribution in [0.3, 0.4) is 0 Å². The van der Waals surface area contributed by atoms with Crippen molar-refractivity contribution < 1.29 is 14.3 Å². The molecule has 0 aliphatic carbocycles. The molecule has 0 bridgehead atoms. The highest BCUT2D eigenvalue weighted by Crippen LogP contribution is 2.35. The molecule has 124 valence electrons. The lowest BCUT2D eigenvalue weighted by Gasteiger charge is -2.33. The first-order chi connectivity index (χ1) is 10.7. The first-order valence-corrected chi connectivity index (χ1v) is 8.62. The van der Waals surface area contributed by atoms with Gasteiger partial charge >= 0.3 is 5.97 Å². The molecule has 1 saturated heterocycles. The summed E-state index contributed by atoms with van der Waals surface area (Å²) in [5.74, 6) is 5.92. The molecule has 0 radical (unpaired) electrons. The van der Waals surface area contributed by atoms with Gasteiger partial charge < -0.3 is 9.64 Å². The van der Waals surface area contributed by atoms with Gasteiger partial charge in [-0.05, 0) is 46.6 Å². The Kier molecular flexibility index (Phi) is 5.16. The Bertz CT molecular complexity index is 673. The highest BCUT2D eigenvalue weighted by molar-refractivity contribution is 7.15. The lowest BCUT2D eigenvalue weighted by Crippen LogP contribution is -2.42. The Balaban J connectivity index is 2.48. The Hall–Kier alpha value is -1.80. The molecule has 0 N–H and O–H groups in total. The van der Waals surface area contributed by atoms with Crippen LogP contribution in [-0.4, -0.2) is 25.0 Å². The summed E-state index contributed by atoms with van der Waals surface area (Å²) in [4.78, 5) is 27.4. The van der Waals surface area contributed by atoms with Crippen LogP contribution in [0.2, 0.25) is 0 Å². The van der Waals surface area contributed by atoms with Crippen molar-refractivity contribution in [3.63, 3.8) is 0 Å². The van der Waals surface area contributed by atoms with Crippen molar-refractivity contribution in [2.75, 3.05) is 12.0 Å². The van der Waals surface area contributed by atoms with Crippen LogP contribution in [0.15, 0.2) is 6.07 Å². The van der Waals surface area contributed by atoms with E-state index in [2.05, 4.69) is 11.8 Å². The SMILES string of the molecule is COC(=O)c1sc(C#CC(C)(C)C)cc1N1C(=O)CCC[C@H]1C. The fourth-order valence-corrected chi connectivity index (χ4v) is 3.45. The molecule has 0 spiro atoms. The predicted octanol–water partition coefficient (Wildman–Crippen LogP) is 3.84. The zero-order valence-electron chi connectivity index (χ0n) is 14.4. The first kappa shape index (κ1) is 17.6. The second kappa shape index (κ2) is 6.76. The highest BCUT2D eigenvalue weighted by Gasteiger charge is 2.31. The quantitative estimate of drug-likeness (QED) is 0.610. The standard InChI is InChI=1S/C18H23NO3S/c1-12-7-6-8-15(20)19(12)14-11-13(9-10-18(2,3)4)23-16(14)17(21)22-5/h11-12H,6-8H2,1-5H3/t12-/m1/s1. The summed E-state index contributed by atoms with van der Waals surface area (Å²) in [6.07, 6.45) is 2.35. The van der Waals surface area contributed by atoms with E-state index in [1.54, 1.807) is 4.90 Å². The van der Waals surface area contributed by atoms with Gasteiger partial charge in [0, 0.05) is 17.9 Å². The largest absolute Gasteiger partial charge is 0.465 e. The van der Waals surface area contributed by atoms with Gasteiger partial charge in [0.1, 0.15) is 4.88 Å². The third kappa shape index (κ3) is 4.14. The minimum Gasteiger partial charge on any atom is -0.465 e. The third-order valence-corrected chi connectivity index (χ3v) is 4.65. The number of piperidine rings is 1. The van der Waals surface area contributed by atoms with Gasteiger partial charge in [0.15, 0.2) is 0 Å². The summed E-state index contributed by atoms with van der Waals surface area (Å²) in [7, 11) is 1.35. The molecule has 1 aliphatic rings. The number of ether oxygens (including phenoxy) is 1. The van der Waals surface area contributed by atoms with Gasteiger partial charge in [-0.3, -0.25) is 4.79 Å². The molecule has 1 aliphatic heterocycles. The maximum Gasteiger partial charge on any atom is 0.350 e. The number of nitrogens with zero attached hydrogens (tertiary/aromatic N) is 1. The second-order valence-corrected chi connectivity index (χ2v) is 7.87. The molecule has 23 heavy (non-hydrogen) atoms. The van der Waals surface area contributed by atoms with E-state index in [0.29, 0.717) is 17.0 Å². The summed E-state index contributed by atoms with van der Waals surface area (Å²) in [6, 6.07) is 1.92. The van der Waals surface area contributed by atoms with Crippen LogP contribution in [0.1, 0.15) is 61.5 Å². The molecule has 1 aromatic heterocycles. The molecule has 1 atom stereocenters. The average Bonchev–Trinajstić information content (AvgIpc) is 2.87. The molecule has 1 aromatic rings. The van der Waals surface area contributed by atoms with E-state index in [1.807, 2.05) is 33.8 Å². The van der Waals surface area contributed by atoms with Crippen LogP contribution in [-0.2, 0) is 9.53 Å². The Morgan fingerprint density at radius 2 is 2.13 bits per heavy atom. The Labute approximate surface area is 141 Å². The zero-order chi connectivity index (χ0) is 17.2. The normalized spacial score (nSPS) is 18.4. The molecule has 2 heterocycles. The van der Waals surface area contributed by atoms with Crippen molar-refractivity contribution >= 4 is 28.9 Å². The van der Waals surface area contributed by atoms with Crippen molar-refractivity contribution in [3.05, 3.63) is 15.8 Å². The summed E-state index contributed by atoms with van der Waals surface area (Å²) in [5.41, 5.74) is 0.515. The molecular weight excluding hydrogens is 310 g/mol. The minimum absolute atomic E-state index is 0.0574. The summed E-state index contributed by atoms with van der Waals surface area (Å²) < 4.78 is 4.88. The number of carbonyl (C=O) groups excluding carboxylic acids is 2. The Morgan fingerprint density at radius 1 is 1.43 bits per heavy atom. The molecular formula is C18H23NO3S. The van der Waals surface area contributed by atoms with E-state index >= 15 is 0 Å². The van der Waals surface area contributed by atoms with Crippen LogP contribution in [0.5, 0.6) is 0 Å². The Morgan fingerprint density at radius 3 is 2.70 bits per heavy atom. The van der Waals surface area contributed by atoms with E-state index in [-0.39, 0.29) is 17.4 Å². The average molecular weight is 333 g/mol. The van der Waals surface area contributed by atoms with Gasteiger partial charge in [-0.25, -0.2) is 4.79 Å². The second-order valence-electron chi connectivity index (χ2n) is 6.82. The fraction of sp³-hybridized carbons (Fsp3) is 0.556. The number of esters is 1. The number of anilines is 1. The molecule has 0 aromatic carbocycles. The number of hydrogen-bond acceptors (Lipinski definition) is 4. The number of methoxy groups -OCH3 is 1. The van der Waals surface area contributed by atoms with E-state index in [9.17, 15) is 9.59 Å². The van der Waals surface area contributed by atoms with Crippen LogP contribution in [0.4, 0.5) is 5.69 Å². The van der Waals surface area contributed by atoms with E-state index in [4.69, 9.17) is 4.74 Å². The van der Waals surface area contributed by atoms with Gasteiger partial charge in [0.2, 0.25) is 5.91 Å². The molecule has 1 amide bonds. The van der Waals surface area contributed by atoms with Gasteiger partial charge in [0.05, 0.1) is 17.7 Å². The molecule has 5 heteroatoms. The number of carbonyl (C=O) groups is 2. The molecule has 0 saturated carbocycles. The van der Waals surface area contributed by atoms with Gasteiger partial charge in [-0.2, -0.15) is 0 Å². The maximum atomic E-state index is 12.3. The number of rotatable bonds is 2. The minimum atomic E-state index is -0.417. The zero-order valence-corrected chi connectivity index (χ0v) is 15.2. The van der Waals surface area contributed by atoms with Gasteiger partial charge in [-0.1, -0.05) is 11.8 Å². The topological polar surface area (TPSA) is 46.6 Å². The van der Waals surface area contributed by atoms with Gasteiger partial charge in [0.25, 0.3) is 0 Å². The van der Waals surface area contributed by atoms with Crippen molar-refractivity contribution in [2.24, 2.45) is 5.41 Å². The van der Waals surface area contributed by atoms with Crippen LogP contribution >= 0.6 is 11.3 Å². The predicted molar refractivity (Wildman–Crippen MR) is 92.8 cm³/mol. The van der Waals surface area contributed by atoms with E-state index in [0.717, 1.165) is 17.7 Å². The van der Waals surface area contributed by atoms with Crippen molar-refractivity contribution in [2.45, 2.75) is 53.0 Å². The number of amides is 1. The molecule has 4 nitrogen and oxygen atoms in total. The smallest absolute Gasteiger partial charge is 0.350 e.